The Labute approximate surface area is 280 Å². The van der Waals surface area contributed by atoms with Gasteiger partial charge in [0.25, 0.3) is 0 Å². The molecule has 0 aliphatic carbocycles. The molecule has 6 heteroatoms. The Morgan fingerprint density at radius 1 is 0.646 bits per heavy atom. The van der Waals surface area contributed by atoms with Gasteiger partial charge in [-0.2, -0.15) is 0 Å². The van der Waals surface area contributed by atoms with Crippen molar-refractivity contribution in [3.63, 3.8) is 0 Å². The van der Waals surface area contributed by atoms with Crippen molar-refractivity contribution in [2.75, 3.05) is 0 Å². The third-order valence-corrected chi connectivity index (χ3v) is 9.98. The lowest BCUT2D eigenvalue weighted by Gasteiger charge is -2.10. The lowest BCUT2D eigenvalue weighted by Crippen LogP contribution is -2.07. The molecule has 5 nitrogen and oxygen atoms in total. The number of amidine groups is 2. The van der Waals surface area contributed by atoms with Gasteiger partial charge in [0.1, 0.15) is 5.82 Å². The normalized spacial score (nSPS) is 12.3. The van der Waals surface area contributed by atoms with Crippen LogP contribution in [0.1, 0.15) is 16.7 Å². The Bertz CT molecular complexity index is 2750. The number of fused-ring (bicyclic) bond motifs is 8. The molecule has 0 spiro atoms. The van der Waals surface area contributed by atoms with Crippen LogP contribution < -0.4 is 0 Å². The van der Waals surface area contributed by atoms with Crippen LogP contribution in [0.3, 0.4) is 0 Å². The molecule has 0 radical (unpaired) electrons. The number of hydrogen-bond acceptors (Lipinski definition) is 3. The highest BCUT2D eigenvalue weighted by Crippen LogP contribution is 2.42. The fourth-order valence-corrected chi connectivity index (χ4v) is 7.75. The van der Waals surface area contributed by atoms with Crippen molar-refractivity contribution >= 4 is 82.0 Å². The van der Waals surface area contributed by atoms with Gasteiger partial charge in [-0.25, -0.2) is 15.0 Å². The van der Waals surface area contributed by atoms with Gasteiger partial charge in [0, 0.05) is 49.8 Å². The first-order chi connectivity index (χ1) is 23.7. The van der Waals surface area contributed by atoms with Gasteiger partial charge in [-0.3, -0.25) is 9.98 Å². The maximum absolute atomic E-state index is 8.87. The van der Waals surface area contributed by atoms with Gasteiger partial charge in [-0.1, -0.05) is 115 Å². The zero-order valence-electron chi connectivity index (χ0n) is 25.7. The molecule has 0 saturated carbocycles. The van der Waals surface area contributed by atoms with Crippen molar-refractivity contribution in [3.05, 3.63) is 168 Å². The summed E-state index contributed by atoms with van der Waals surface area (Å²) in [6.45, 7) is 0. The third-order valence-electron chi connectivity index (χ3n) is 8.79. The first-order valence-electron chi connectivity index (χ1n) is 15.8. The number of rotatable bonds is 4. The minimum Gasteiger partial charge on any atom is -0.292 e. The summed E-state index contributed by atoms with van der Waals surface area (Å²) < 4.78 is 4.75. The maximum Gasteiger partial charge on any atom is 0.161 e. The van der Waals surface area contributed by atoms with E-state index in [1.165, 1.54) is 36.3 Å². The quantitative estimate of drug-likeness (QED) is 0.152. The first-order valence-corrected chi connectivity index (χ1v) is 16.6. The Balaban J connectivity index is 1.24. The molecule has 3 aromatic heterocycles. The fourth-order valence-electron chi connectivity index (χ4n) is 6.51. The molecular weight excluding hydrogens is 607 g/mol. The third kappa shape index (κ3) is 4.78. The number of nitrogens with zero attached hydrogens (tertiary/aromatic N) is 4. The zero-order valence-corrected chi connectivity index (χ0v) is 26.5. The van der Waals surface area contributed by atoms with Crippen LogP contribution in [0.15, 0.2) is 162 Å². The number of para-hydroxylation sites is 1. The number of hydrogen-bond donors (Lipinski definition) is 1. The number of nitrogens with one attached hydrogen (secondary N) is 1. The Hall–Kier alpha value is -6.24. The molecule has 226 valence electrons. The van der Waals surface area contributed by atoms with E-state index in [0.717, 1.165) is 38.9 Å². The van der Waals surface area contributed by atoms with Crippen LogP contribution in [0.4, 0.5) is 0 Å². The van der Waals surface area contributed by atoms with Gasteiger partial charge in [-0.15, -0.1) is 11.3 Å². The van der Waals surface area contributed by atoms with E-state index in [0.29, 0.717) is 5.84 Å². The predicted molar refractivity (Wildman–Crippen MR) is 203 cm³/mol. The van der Waals surface area contributed by atoms with Gasteiger partial charge >= 0.3 is 0 Å². The molecule has 0 fully saturated rings. The molecule has 0 saturated heterocycles. The molecule has 0 aliphatic rings. The summed E-state index contributed by atoms with van der Waals surface area (Å²) >= 11 is 1.81. The number of aliphatic imine (C=N–C) groups is 2. The van der Waals surface area contributed by atoms with Crippen LogP contribution in [-0.2, 0) is 0 Å². The first kappa shape index (κ1) is 28.0. The van der Waals surface area contributed by atoms with Crippen molar-refractivity contribution < 1.29 is 0 Å². The van der Waals surface area contributed by atoms with E-state index < -0.39 is 0 Å². The van der Waals surface area contributed by atoms with E-state index in [4.69, 9.17) is 20.4 Å². The standard InChI is InChI=1S/C42H27N5S/c43-41(29-11-2-1-3-12-29)46-42(45-26-27-18-19-28-10-4-5-13-30(28)24-27)31-22-23-44-38(25-31)47-36-16-8-6-14-32(36)34-20-21-35-33-15-7-9-17-37(33)48-40(35)39(34)47/h1-26,43H/b43-41?,45-26+,46-42-. The van der Waals surface area contributed by atoms with E-state index in [2.05, 4.69) is 95.6 Å². The maximum atomic E-state index is 8.87. The van der Waals surface area contributed by atoms with Gasteiger partial charge in [-0.05, 0) is 46.7 Å². The molecular formula is C42H27N5S. The van der Waals surface area contributed by atoms with Crippen LogP contribution in [0.25, 0.3) is 58.6 Å². The van der Waals surface area contributed by atoms with Crippen LogP contribution in [0, 0.1) is 5.41 Å². The molecule has 0 atom stereocenters. The van der Waals surface area contributed by atoms with Crippen LogP contribution in [0.2, 0.25) is 0 Å². The number of benzene rings is 6. The monoisotopic (exact) mass is 633 g/mol. The SMILES string of the molecule is N=C(/N=C(\N=C\c1ccc2ccccc2c1)c1ccnc(-n2c3ccccc3c3ccc4c5ccccc5sc4c32)c1)c1ccccc1. The number of aromatic nitrogens is 2. The second-order valence-electron chi connectivity index (χ2n) is 11.7. The predicted octanol–water partition coefficient (Wildman–Crippen LogP) is 10.6. The molecule has 48 heavy (non-hydrogen) atoms. The van der Waals surface area contributed by atoms with Crippen LogP contribution >= 0.6 is 11.3 Å². The molecule has 0 bridgehead atoms. The molecule has 6 aromatic carbocycles. The van der Waals surface area contributed by atoms with Crippen molar-refractivity contribution in [2.45, 2.75) is 0 Å². The molecule has 3 heterocycles. The largest absolute Gasteiger partial charge is 0.292 e. The highest BCUT2D eigenvalue weighted by Gasteiger charge is 2.19. The second-order valence-corrected chi connectivity index (χ2v) is 12.8. The molecule has 0 aliphatic heterocycles. The van der Waals surface area contributed by atoms with Crippen molar-refractivity contribution in [2.24, 2.45) is 9.98 Å². The van der Waals surface area contributed by atoms with Crippen LogP contribution in [-0.4, -0.2) is 27.4 Å². The summed E-state index contributed by atoms with van der Waals surface area (Å²) in [5.74, 6) is 1.35. The molecule has 0 amide bonds. The Morgan fingerprint density at radius 3 is 2.29 bits per heavy atom. The van der Waals surface area contributed by atoms with Gasteiger partial charge < -0.3 is 0 Å². The van der Waals surface area contributed by atoms with E-state index in [9.17, 15) is 0 Å². The number of pyridine rings is 1. The van der Waals surface area contributed by atoms with Gasteiger partial charge in [0.15, 0.2) is 11.7 Å². The van der Waals surface area contributed by atoms with Gasteiger partial charge in [0.2, 0.25) is 0 Å². The van der Waals surface area contributed by atoms with Crippen molar-refractivity contribution in [3.8, 4) is 5.82 Å². The van der Waals surface area contributed by atoms with Crippen LogP contribution in [0.5, 0.6) is 0 Å². The smallest absolute Gasteiger partial charge is 0.161 e. The Kier molecular flexibility index (Phi) is 6.73. The molecule has 0 unspecified atom stereocenters. The summed E-state index contributed by atoms with van der Waals surface area (Å²) in [5.41, 5.74) is 4.66. The molecule has 1 N–H and O–H groups in total. The van der Waals surface area contributed by atoms with E-state index in [1.807, 2.05) is 78.3 Å². The molecule has 9 aromatic rings. The fraction of sp³-hybridized carbons (Fsp3) is 0. The number of thiophene rings is 1. The minimum atomic E-state index is 0.142. The lowest BCUT2D eigenvalue weighted by atomic mass is 10.1. The lowest BCUT2D eigenvalue weighted by molar-refractivity contribution is 1.08. The van der Waals surface area contributed by atoms with Crippen molar-refractivity contribution in [1.29, 1.82) is 5.41 Å². The summed E-state index contributed by atoms with van der Waals surface area (Å²) in [7, 11) is 0. The van der Waals surface area contributed by atoms with E-state index in [1.54, 1.807) is 0 Å². The summed E-state index contributed by atoms with van der Waals surface area (Å²) in [6, 6.07) is 49.6. The van der Waals surface area contributed by atoms with E-state index >= 15 is 0 Å². The van der Waals surface area contributed by atoms with E-state index in [-0.39, 0.29) is 5.84 Å². The topological polar surface area (TPSA) is 66.4 Å². The summed E-state index contributed by atoms with van der Waals surface area (Å²) in [4.78, 5) is 14.6. The second kappa shape index (κ2) is 11.5. The minimum absolute atomic E-state index is 0.142. The average Bonchev–Trinajstić information content (AvgIpc) is 3.70. The van der Waals surface area contributed by atoms with Gasteiger partial charge in [0.05, 0.1) is 15.7 Å². The average molecular weight is 634 g/mol. The summed E-state index contributed by atoms with van der Waals surface area (Å²) in [5, 5.41) is 16.0. The Morgan fingerprint density at radius 2 is 1.40 bits per heavy atom. The highest BCUT2D eigenvalue weighted by atomic mass is 32.1. The van der Waals surface area contributed by atoms with Crippen molar-refractivity contribution in [1.82, 2.24) is 9.55 Å². The highest BCUT2D eigenvalue weighted by molar-refractivity contribution is 7.26. The summed E-state index contributed by atoms with van der Waals surface area (Å²) in [6.07, 6.45) is 3.63. The molecule has 9 rings (SSSR count). The zero-order chi connectivity index (χ0) is 32.0.